The Morgan fingerprint density at radius 3 is 1.01 bits per heavy atom. The van der Waals surface area contributed by atoms with Crippen LogP contribution in [0.25, 0.3) is 111 Å². The zero-order chi connectivity index (χ0) is 87.6. The van der Waals surface area contributed by atoms with Gasteiger partial charge in [0, 0.05) is 160 Å². The van der Waals surface area contributed by atoms with E-state index >= 15 is 0 Å². The van der Waals surface area contributed by atoms with E-state index in [9.17, 15) is 9.59 Å². The number of allylic oxidation sites excluding steroid dienone is 2. The number of benzene rings is 9. The maximum Gasteiger partial charge on any atom is 3.00 e. The summed E-state index contributed by atoms with van der Waals surface area (Å²) in [6.45, 7) is 20.4. The number of aliphatic hydroxyl groups is 1. The fourth-order valence-corrected chi connectivity index (χ4v) is 14.6. The van der Waals surface area contributed by atoms with Crippen LogP contribution in [0.1, 0.15) is 82.2 Å². The summed E-state index contributed by atoms with van der Waals surface area (Å²) in [7, 11) is 0. The molecule has 18 aromatic rings. The number of aromatic nitrogens is 8. The number of thiazole rings is 1. The maximum absolute atomic E-state index is 13.2. The molecule has 0 saturated heterocycles. The van der Waals surface area contributed by atoms with Crippen molar-refractivity contribution >= 4 is 44.0 Å². The molecule has 0 fully saturated rings. The van der Waals surface area contributed by atoms with E-state index in [1.807, 2.05) is 310 Å². The van der Waals surface area contributed by atoms with Gasteiger partial charge in [-0.2, -0.15) is 0 Å². The molecule has 4 radical (unpaired) electrons. The van der Waals surface area contributed by atoms with Crippen LogP contribution in [-0.4, -0.2) is 63.9 Å². The Bertz CT molecular complexity index is 5790. The van der Waals surface area contributed by atoms with Gasteiger partial charge in [-0.1, -0.05) is 123 Å². The largest absolute Gasteiger partial charge is 3.00 e. The molecule has 0 spiro atoms. The fourth-order valence-electron chi connectivity index (χ4n) is 13.6. The van der Waals surface area contributed by atoms with Crippen molar-refractivity contribution in [1.29, 1.82) is 0 Å². The smallest absolute Gasteiger partial charge is 0.512 e. The number of carbonyl (C=O) groups is 1. The number of rotatable bonds is 9. The molecular weight excluding hydrogens is 2520 g/mol. The van der Waals surface area contributed by atoms with Crippen LogP contribution in [0.5, 0.6) is 0 Å². The number of pyridine rings is 7. The molecule has 0 atom stereocenters. The van der Waals surface area contributed by atoms with E-state index in [1.165, 1.54) is 53.4 Å². The standard InChI is InChI=1S/C26H26N2O2S.3C12H10N.4C11H8N.C5H8O2.5Ir/c1-25(2)9-11-28-12-10-26(3,4)20-21(28)17(25)14-15-13-16(24(29)30-22(15)20)23-27-18-7-5-6-8-19(18)31-23;3*1-10-7-8-13-12(9-10)11-5-3-2-4-6-11;4*1-2-6-10(7-3-1)11-8-4-5-9-12-11;1-4(6)3-5(2)7;;;;;/h5-8,13-14H,9-12H2,1-4H3;3*2-5,7-9H,1H3;4*1-6,8-9H;3,6H,1-2H3;;;;;/q;7*-1;;;;;;+3. The predicted molar refractivity (Wildman–Crippen MR) is 509 cm³/mol. The Hall–Kier alpha value is -11.6. The summed E-state index contributed by atoms with van der Waals surface area (Å²) in [6, 6.07) is 125. The Morgan fingerprint density at radius 1 is 0.400 bits per heavy atom. The van der Waals surface area contributed by atoms with Gasteiger partial charge in [-0.15, -0.1) is 263 Å². The summed E-state index contributed by atoms with van der Waals surface area (Å²) in [4.78, 5) is 60.1. The fraction of sp³-hybridized carbons (Fsp3) is 0.135. The molecule has 2 aliphatic rings. The minimum atomic E-state index is -0.300. The number of nitrogens with zero attached hydrogens (tertiary/aromatic N) is 9. The van der Waals surface area contributed by atoms with Gasteiger partial charge in [-0.25, -0.2) is 9.78 Å². The number of para-hydroxylation sites is 1. The van der Waals surface area contributed by atoms with Gasteiger partial charge < -0.3 is 49.3 Å². The van der Waals surface area contributed by atoms with E-state index in [2.05, 4.69) is 155 Å². The van der Waals surface area contributed by atoms with Gasteiger partial charge in [0.2, 0.25) is 0 Å². The molecule has 19 heteroatoms. The molecule has 1 N–H and O–H groups in total. The molecule has 11 heterocycles. The minimum Gasteiger partial charge on any atom is -0.512 e. The molecule has 0 saturated carbocycles. The third kappa shape index (κ3) is 31.6. The van der Waals surface area contributed by atoms with Crippen LogP contribution in [0.2, 0.25) is 0 Å². The summed E-state index contributed by atoms with van der Waals surface area (Å²) >= 11 is 1.54. The molecular formula is C111H96Ir5N9O4S-4. The SMILES string of the molecule is CC(=O)C=C(C)O.CC1(C)CCN2CCC(C)(C)c3c2c1cc1cc(-c2nc4ccccc4s2)c(=O)oc31.Cc1ccnc(-c2[c-]cccc2)c1.Cc1ccnc(-c2[c-]cccc2)c1.Cc1ccnc(-c2[c-]cccc2)c1.[Ir+3].[Ir].[Ir].[Ir].[Ir].[c-]1ccccc1-c1ccccn1.[c-]1ccccc1-c1ccccn1.[c-]1ccccc1-c1ccccn1.[c-]1ccccc1-c1ccccn1. The number of ketones is 1. The van der Waals surface area contributed by atoms with Crippen molar-refractivity contribution in [3.8, 4) is 89.4 Å². The van der Waals surface area contributed by atoms with Crippen molar-refractivity contribution in [2.75, 3.05) is 18.0 Å². The van der Waals surface area contributed by atoms with E-state index < -0.39 is 0 Å². The normalized spacial score (nSPS) is 11.7. The van der Waals surface area contributed by atoms with Crippen LogP contribution in [0.4, 0.5) is 5.69 Å². The molecule has 0 aliphatic carbocycles. The first-order chi connectivity index (χ1) is 60.8. The number of aryl methyl sites for hydroxylation is 3. The maximum atomic E-state index is 13.2. The second-order valence-electron chi connectivity index (χ2n) is 30.6. The quantitative estimate of drug-likeness (QED) is 0.0626. The molecule has 0 unspecified atom stereocenters. The molecule has 9 aromatic carbocycles. The Labute approximate surface area is 835 Å². The van der Waals surface area contributed by atoms with Gasteiger partial charge in [0.25, 0.3) is 0 Å². The first-order valence-electron chi connectivity index (χ1n) is 41.2. The van der Waals surface area contributed by atoms with Crippen molar-refractivity contribution in [3.63, 3.8) is 0 Å². The summed E-state index contributed by atoms with van der Waals surface area (Å²) in [5.74, 6) is -0.0625. The minimum absolute atomic E-state index is 0. The van der Waals surface area contributed by atoms with Crippen molar-refractivity contribution in [3.05, 3.63) is 451 Å². The summed E-state index contributed by atoms with van der Waals surface area (Å²) in [6.07, 6.45) is 16.0. The second-order valence-corrected chi connectivity index (χ2v) is 31.6. The van der Waals surface area contributed by atoms with Crippen LogP contribution in [-0.2, 0) is 116 Å². The van der Waals surface area contributed by atoms with Gasteiger partial charge in [0.15, 0.2) is 5.78 Å². The number of hydrogen-bond donors (Lipinski definition) is 1. The van der Waals surface area contributed by atoms with Crippen LogP contribution in [0.15, 0.2) is 380 Å². The number of aliphatic hydroxyl groups excluding tert-OH is 1. The van der Waals surface area contributed by atoms with Gasteiger partial charge in [0.05, 0.1) is 21.5 Å². The van der Waals surface area contributed by atoms with E-state index in [-0.39, 0.29) is 129 Å². The second kappa shape index (κ2) is 54.1. The van der Waals surface area contributed by atoms with E-state index in [4.69, 9.17) is 14.5 Å². The molecule has 13 nitrogen and oxygen atoms in total. The Kier molecular flexibility index (Phi) is 43.9. The molecule has 20 rings (SSSR count). The van der Waals surface area contributed by atoms with E-state index in [0.29, 0.717) is 5.56 Å². The van der Waals surface area contributed by atoms with Gasteiger partial charge in [0.1, 0.15) is 10.6 Å². The van der Waals surface area contributed by atoms with Crippen LogP contribution in [0, 0.1) is 63.2 Å². The van der Waals surface area contributed by atoms with Crippen LogP contribution < -0.4 is 10.5 Å². The molecule has 0 bridgehead atoms. The number of carbonyl (C=O) groups excluding carboxylic acids is 1. The van der Waals surface area contributed by atoms with Gasteiger partial charge in [-0.05, 0) is 170 Å². The third-order valence-electron chi connectivity index (χ3n) is 20.0. The first kappa shape index (κ1) is 105. The van der Waals surface area contributed by atoms with Gasteiger partial charge >= 0.3 is 25.7 Å². The van der Waals surface area contributed by atoms with E-state index in [1.54, 1.807) is 36.1 Å². The average molecular weight is 2610 g/mol. The van der Waals surface area contributed by atoms with E-state index in [0.717, 1.165) is 131 Å². The predicted octanol–water partition coefficient (Wildman–Crippen LogP) is 26.0. The number of anilines is 1. The summed E-state index contributed by atoms with van der Waals surface area (Å²) in [5.41, 5.74) is 23.7. The van der Waals surface area contributed by atoms with Crippen LogP contribution in [0.3, 0.4) is 0 Å². The monoisotopic (exact) mass is 2620 g/mol. The average Bonchev–Trinajstić information content (AvgIpc) is 0.799. The molecule has 0 amide bonds. The molecule has 130 heavy (non-hydrogen) atoms. The molecule has 664 valence electrons. The van der Waals surface area contributed by atoms with Gasteiger partial charge in [-0.3, -0.25) is 4.79 Å². The Balaban J connectivity index is 0.000000206. The first-order valence-corrected chi connectivity index (χ1v) is 42.0. The Morgan fingerprint density at radius 2 is 0.715 bits per heavy atom. The van der Waals surface area contributed by atoms with Crippen LogP contribution >= 0.6 is 11.3 Å². The van der Waals surface area contributed by atoms with Crippen molar-refractivity contribution in [2.24, 2.45) is 0 Å². The van der Waals surface area contributed by atoms with Crippen molar-refractivity contribution < 1.29 is 115 Å². The third-order valence-corrected chi connectivity index (χ3v) is 21.0. The number of fused-ring (bicyclic) bond motifs is 3. The number of hydrogen-bond acceptors (Lipinski definition) is 14. The zero-order valence-electron chi connectivity index (χ0n) is 73.2. The zero-order valence-corrected chi connectivity index (χ0v) is 86.0. The van der Waals surface area contributed by atoms with Crippen molar-refractivity contribution in [2.45, 2.75) is 86.0 Å². The van der Waals surface area contributed by atoms with Crippen molar-refractivity contribution in [1.82, 2.24) is 39.9 Å². The topological polar surface area (TPSA) is 174 Å². The molecule has 9 aromatic heterocycles. The summed E-state index contributed by atoms with van der Waals surface area (Å²) < 4.78 is 7.18. The summed E-state index contributed by atoms with van der Waals surface area (Å²) in [5, 5.41) is 10.1. The molecule has 2 aliphatic heterocycles.